The van der Waals surface area contributed by atoms with Gasteiger partial charge in [0.15, 0.2) is 18.0 Å². The number of ether oxygens (including phenoxy) is 2. The van der Waals surface area contributed by atoms with E-state index in [0.717, 1.165) is 16.3 Å². The number of imidazole rings is 1. The monoisotopic (exact) mass is 970 g/mol. The number of aldehydes is 1. The predicted octanol–water partition coefficient (Wildman–Crippen LogP) is 3.93. The van der Waals surface area contributed by atoms with E-state index in [4.69, 9.17) is 29.6 Å². The lowest BCUT2D eigenvalue weighted by molar-refractivity contribution is -0.138. The van der Waals surface area contributed by atoms with Crippen molar-refractivity contribution in [3.63, 3.8) is 0 Å². The van der Waals surface area contributed by atoms with Gasteiger partial charge in [0.05, 0.1) is 36.0 Å². The summed E-state index contributed by atoms with van der Waals surface area (Å²) < 4.78 is 23.3. The van der Waals surface area contributed by atoms with Crippen molar-refractivity contribution in [2.45, 2.75) is 66.6 Å². The molecule has 6 aromatic heterocycles. The van der Waals surface area contributed by atoms with E-state index in [9.17, 15) is 28.8 Å². The molecular formula is C48H54N14O9. The molecule has 370 valence electrons. The van der Waals surface area contributed by atoms with Gasteiger partial charge in [-0.05, 0) is 51.9 Å². The van der Waals surface area contributed by atoms with E-state index in [2.05, 4.69) is 31.1 Å². The highest BCUT2D eigenvalue weighted by atomic mass is 16.5. The van der Waals surface area contributed by atoms with Crippen LogP contribution in [0.5, 0.6) is 11.5 Å². The van der Waals surface area contributed by atoms with Crippen LogP contribution in [0.2, 0.25) is 0 Å². The Hall–Kier alpha value is -8.60. The molecule has 0 atom stereocenters. The number of amides is 5. The van der Waals surface area contributed by atoms with E-state index in [0.29, 0.717) is 76.4 Å². The van der Waals surface area contributed by atoms with Crippen LogP contribution < -0.4 is 26.3 Å². The third-order valence-electron chi connectivity index (χ3n) is 11.5. The summed E-state index contributed by atoms with van der Waals surface area (Å²) in [5.74, 6) is -1.00. The van der Waals surface area contributed by atoms with Gasteiger partial charge in [0.1, 0.15) is 45.1 Å². The highest BCUT2D eigenvalue weighted by Gasteiger charge is 2.26. The number of hydrogen-bond donors (Lipinski definition) is 3. The van der Waals surface area contributed by atoms with Gasteiger partial charge in [0.2, 0.25) is 23.5 Å². The maximum atomic E-state index is 13.8. The van der Waals surface area contributed by atoms with Crippen LogP contribution in [-0.2, 0) is 40.4 Å². The van der Waals surface area contributed by atoms with Crippen molar-refractivity contribution in [3.8, 4) is 23.0 Å². The molecule has 0 saturated carbocycles. The summed E-state index contributed by atoms with van der Waals surface area (Å²) in [5.41, 5.74) is 14.9. The molecule has 0 bridgehead atoms. The van der Waals surface area contributed by atoms with Gasteiger partial charge in [-0.1, -0.05) is 19.1 Å². The summed E-state index contributed by atoms with van der Waals surface area (Å²) in [7, 11) is 4.62. The van der Waals surface area contributed by atoms with Gasteiger partial charge in [-0.25, -0.2) is 24.9 Å². The number of carbonyl (C=O) groups excluding carboxylic acids is 6. The molecule has 0 unspecified atom stereocenters. The van der Waals surface area contributed by atoms with E-state index in [1.54, 1.807) is 30.8 Å². The van der Waals surface area contributed by atoms with Crippen molar-refractivity contribution < 1.29 is 42.7 Å². The number of hydrogen-bond acceptors (Lipinski definition) is 16. The SMILES string of the molecule is CCc1nc(C)oc1C(=O)Nc1nc2cc(C(N)=O)cc(OCCCN(C)C(=O)CCN3C(=O)C=CC3=O)c2n1C/C=C/Cn1c2nc(-c3cc(C)nn3CC)ncc2c2nc(C=O)cc(OC)c21.CN. The van der Waals surface area contributed by atoms with E-state index in [1.807, 2.05) is 48.2 Å². The Balaban J connectivity index is 0.00000366. The van der Waals surface area contributed by atoms with Crippen molar-refractivity contribution in [1.82, 2.24) is 53.6 Å². The van der Waals surface area contributed by atoms with Crippen molar-refractivity contribution in [3.05, 3.63) is 89.1 Å². The molecule has 23 heteroatoms. The lowest BCUT2D eigenvalue weighted by Gasteiger charge is -2.19. The molecule has 71 heavy (non-hydrogen) atoms. The first-order valence-corrected chi connectivity index (χ1v) is 22.7. The third kappa shape index (κ3) is 10.4. The summed E-state index contributed by atoms with van der Waals surface area (Å²) >= 11 is 0. The fourth-order valence-corrected chi connectivity index (χ4v) is 8.14. The Morgan fingerprint density at radius 2 is 1.66 bits per heavy atom. The first kappa shape index (κ1) is 50.3. The number of benzene rings is 1. The number of pyridine rings is 1. The predicted molar refractivity (Wildman–Crippen MR) is 261 cm³/mol. The Kier molecular flexibility index (Phi) is 15.4. The molecule has 1 aliphatic rings. The van der Waals surface area contributed by atoms with Crippen molar-refractivity contribution in [1.29, 1.82) is 0 Å². The van der Waals surface area contributed by atoms with Crippen LogP contribution in [0.15, 0.2) is 59.2 Å². The number of allylic oxidation sites excluding steroid dienone is 2. The number of oxazole rings is 1. The van der Waals surface area contributed by atoms with E-state index in [1.165, 1.54) is 43.3 Å². The van der Waals surface area contributed by atoms with Crippen LogP contribution in [0, 0.1) is 13.8 Å². The maximum absolute atomic E-state index is 13.8. The number of methoxy groups -OCH3 is 1. The summed E-state index contributed by atoms with van der Waals surface area (Å²) in [4.78, 5) is 101. The average molecular weight is 971 g/mol. The van der Waals surface area contributed by atoms with Crippen molar-refractivity contribution in [2.24, 2.45) is 11.5 Å². The van der Waals surface area contributed by atoms with E-state index in [-0.39, 0.29) is 79.3 Å². The molecule has 1 aromatic carbocycles. The maximum Gasteiger partial charge on any atom is 0.295 e. The molecule has 0 spiro atoms. The Bertz CT molecular complexity index is 3250. The zero-order valence-corrected chi connectivity index (χ0v) is 40.4. The number of nitrogens with one attached hydrogen (secondary N) is 1. The van der Waals surface area contributed by atoms with Gasteiger partial charge in [-0.15, -0.1) is 0 Å². The van der Waals surface area contributed by atoms with Gasteiger partial charge in [0.25, 0.3) is 17.7 Å². The topological polar surface area (TPSA) is 297 Å². The lowest BCUT2D eigenvalue weighted by atomic mass is 10.1. The van der Waals surface area contributed by atoms with Crippen LogP contribution in [0.4, 0.5) is 5.95 Å². The minimum Gasteiger partial charge on any atom is -0.494 e. The number of carbonyl (C=O) groups is 6. The zero-order valence-electron chi connectivity index (χ0n) is 40.4. The minimum atomic E-state index is -0.736. The summed E-state index contributed by atoms with van der Waals surface area (Å²) in [6, 6.07) is 6.47. The van der Waals surface area contributed by atoms with Crippen LogP contribution in [-0.4, -0.2) is 130 Å². The van der Waals surface area contributed by atoms with Gasteiger partial charge in [0, 0.05) is 83.1 Å². The van der Waals surface area contributed by atoms with E-state index < -0.39 is 23.6 Å². The Morgan fingerprint density at radius 3 is 2.34 bits per heavy atom. The van der Waals surface area contributed by atoms with Gasteiger partial charge in [-0.2, -0.15) is 5.10 Å². The highest BCUT2D eigenvalue weighted by Crippen LogP contribution is 2.35. The quantitative estimate of drug-likeness (QED) is 0.0422. The van der Waals surface area contributed by atoms with Crippen molar-refractivity contribution in [2.75, 3.05) is 46.2 Å². The molecule has 5 N–H and O–H groups in total. The molecule has 8 rings (SSSR count). The molecule has 0 radical (unpaired) electrons. The molecule has 0 saturated heterocycles. The second-order valence-electron chi connectivity index (χ2n) is 16.1. The average Bonchev–Trinajstić information content (AvgIpc) is 4.19. The number of aryl methyl sites for hydroxylation is 4. The number of rotatable bonds is 20. The molecule has 5 amide bonds. The number of nitrogens with zero attached hydrogens (tertiary/aromatic N) is 11. The van der Waals surface area contributed by atoms with Crippen LogP contribution in [0.25, 0.3) is 44.6 Å². The van der Waals surface area contributed by atoms with Crippen LogP contribution in [0.3, 0.4) is 0 Å². The molecule has 0 fully saturated rings. The zero-order chi connectivity index (χ0) is 51.1. The standard InChI is InChI=1S/C47H49N13O9.CH5N/c1-7-31-42(69-27(4)50-31)46(66)54-47-52-32-21-28(43(48)65)22-35(68-19-11-15-56(5)36(62)14-18-57-37(63)12-13-38(57)64)40(32)59(47)17-10-9-16-58-41-34(67-6)23-29(25-61)51-39(41)30-24-49-44(53-45(30)58)33-20-26(3)55-60(33)8-2;1-2/h9-10,12-13,20-25H,7-8,11,14-19H2,1-6H3,(H2,48,65)(H,52,54,66);2H2,1H3/b10-9+;. The second kappa shape index (κ2) is 21.8. The fraction of sp³-hybridized carbons (Fsp3) is 0.333. The fourth-order valence-electron chi connectivity index (χ4n) is 8.14. The molecular weight excluding hydrogens is 917 g/mol. The number of aromatic nitrogens is 9. The Labute approximate surface area is 406 Å². The first-order valence-electron chi connectivity index (χ1n) is 22.7. The lowest BCUT2D eigenvalue weighted by Crippen LogP contribution is -2.36. The normalized spacial score (nSPS) is 12.4. The third-order valence-corrected chi connectivity index (χ3v) is 11.5. The van der Waals surface area contributed by atoms with Crippen LogP contribution in [0.1, 0.15) is 75.4 Å². The minimum absolute atomic E-state index is 0.0255. The molecule has 0 aliphatic carbocycles. The van der Waals surface area contributed by atoms with Gasteiger partial charge in [-0.3, -0.25) is 43.7 Å². The number of primary amides is 1. The Morgan fingerprint density at radius 1 is 0.930 bits per heavy atom. The second-order valence-corrected chi connectivity index (χ2v) is 16.1. The van der Waals surface area contributed by atoms with Crippen LogP contribution >= 0.6 is 0 Å². The largest absolute Gasteiger partial charge is 0.494 e. The molecule has 7 heterocycles. The first-order chi connectivity index (χ1) is 34.2. The van der Waals surface area contributed by atoms with E-state index >= 15 is 0 Å². The summed E-state index contributed by atoms with van der Waals surface area (Å²) in [6.07, 6.45) is 9.14. The highest BCUT2D eigenvalue weighted by molar-refractivity contribution is 6.13. The van der Waals surface area contributed by atoms with Gasteiger partial charge < -0.3 is 39.4 Å². The molecule has 23 nitrogen and oxygen atoms in total. The summed E-state index contributed by atoms with van der Waals surface area (Å²) in [5, 5.41) is 8.04. The number of nitrogens with two attached hydrogens (primary N) is 2. The number of anilines is 1. The van der Waals surface area contributed by atoms with Crippen molar-refractivity contribution >= 4 is 74.9 Å². The molecule has 1 aliphatic heterocycles. The number of imide groups is 1. The summed E-state index contributed by atoms with van der Waals surface area (Å²) in [6.45, 7) is 8.63. The molecule has 7 aromatic rings. The number of fused-ring (bicyclic) bond motifs is 4. The van der Waals surface area contributed by atoms with Gasteiger partial charge >= 0.3 is 0 Å². The smallest absolute Gasteiger partial charge is 0.295 e.